The van der Waals surface area contributed by atoms with E-state index in [0.717, 1.165) is 62.4 Å². The first kappa shape index (κ1) is 15.6. The first-order valence-electron chi connectivity index (χ1n) is 7.31. The van der Waals surface area contributed by atoms with Crippen molar-refractivity contribution in [1.29, 1.82) is 0 Å². The van der Waals surface area contributed by atoms with Crippen LogP contribution in [0.4, 0.5) is 0 Å². The molecule has 0 unspecified atom stereocenters. The highest BCUT2D eigenvalue weighted by Gasteiger charge is 2.09. The van der Waals surface area contributed by atoms with Crippen molar-refractivity contribution < 1.29 is 9.47 Å². The van der Waals surface area contributed by atoms with E-state index in [4.69, 9.17) is 9.47 Å². The molecule has 0 saturated carbocycles. The molecule has 0 aromatic heterocycles. The molecule has 0 aliphatic heterocycles. The Labute approximate surface area is 117 Å². The SMILES string of the molecule is C=CCc1c(OCCCC)cccc1OCCCC. The number of benzene rings is 1. The number of hydrogen-bond donors (Lipinski definition) is 0. The second-order valence-corrected chi connectivity index (χ2v) is 4.63. The van der Waals surface area contributed by atoms with Gasteiger partial charge in [0.2, 0.25) is 0 Å². The summed E-state index contributed by atoms with van der Waals surface area (Å²) in [6.45, 7) is 9.68. The van der Waals surface area contributed by atoms with Gasteiger partial charge in [0.25, 0.3) is 0 Å². The van der Waals surface area contributed by atoms with Crippen molar-refractivity contribution in [2.24, 2.45) is 0 Å². The third-order valence-corrected chi connectivity index (χ3v) is 2.95. The lowest BCUT2D eigenvalue weighted by Crippen LogP contribution is -2.04. The molecule has 0 atom stereocenters. The Morgan fingerprint density at radius 1 is 1.00 bits per heavy atom. The highest BCUT2D eigenvalue weighted by molar-refractivity contribution is 5.45. The van der Waals surface area contributed by atoms with Crippen molar-refractivity contribution in [2.45, 2.75) is 46.0 Å². The highest BCUT2D eigenvalue weighted by atomic mass is 16.5. The van der Waals surface area contributed by atoms with Gasteiger partial charge in [0.1, 0.15) is 11.5 Å². The second kappa shape index (κ2) is 9.48. The number of hydrogen-bond acceptors (Lipinski definition) is 2. The van der Waals surface area contributed by atoms with E-state index < -0.39 is 0 Å². The van der Waals surface area contributed by atoms with Crippen LogP contribution in [0, 0.1) is 0 Å². The Bertz CT molecular complexity index is 343. The number of unbranched alkanes of at least 4 members (excludes halogenated alkanes) is 2. The molecule has 2 nitrogen and oxygen atoms in total. The molecule has 1 aromatic rings. The fourth-order valence-electron chi connectivity index (χ4n) is 1.81. The molecular weight excluding hydrogens is 236 g/mol. The van der Waals surface area contributed by atoms with Gasteiger partial charge in [-0.25, -0.2) is 0 Å². The summed E-state index contributed by atoms with van der Waals surface area (Å²) in [6.07, 6.45) is 7.12. The fourth-order valence-corrected chi connectivity index (χ4v) is 1.81. The number of allylic oxidation sites excluding steroid dienone is 1. The summed E-state index contributed by atoms with van der Waals surface area (Å²) >= 11 is 0. The first-order chi connectivity index (χ1) is 9.33. The zero-order valence-corrected chi connectivity index (χ0v) is 12.3. The maximum atomic E-state index is 5.85. The van der Waals surface area contributed by atoms with Crippen LogP contribution < -0.4 is 9.47 Å². The minimum absolute atomic E-state index is 0.763. The standard InChI is InChI=1S/C17H26O2/c1-4-7-13-18-16-11-9-12-17(15(16)10-6-3)19-14-8-5-2/h6,9,11-12H,3-5,7-8,10,13-14H2,1-2H3. The Morgan fingerprint density at radius 2 is 1.53 bits per heavy atom. The fraction of sp³-hybridized carbons (Fsp3) is 0.529. The minimum atomic E-state index is 0.763. The average Bonchev–Trinajstić information content (AvgIpc) is 2.42. The molecule has 0 radical (unpaired) electrons. The van der Waals surface area contributed by atoms with Gasteiger partial charge in [-0.05, 0) is 31.4 Å². The smallest absolute Gasteiger partial charge is 0.126 e. The average molecular weight is 262 g/mol. The summed E-state index contributed by atoms with van der Waals surface area (Å²) in [6, 6.07) is 6.03. The first-order valence-corrected chi connectivity index (χ1v) is 7.31. The molecule has 0 N–H and O–H groups in total. The van der Waals surface area contributed by atoms with E-state index in [-0.39, 0.29) is 0 Å². The third kappa shape index (κ3) is 5.37. The highest BCUT2D eigenvalue weighted by Crippen LogP contribution is 2.29. The van der Waals surface area contributed by atoms with Crippen molar-refractivity contribution in [2.75, 3.05) is 13.2 Å². The molecule has 106 valence electrons. The van der Waals surface area contributed by atoms with E-state index in [0.29, 0.717) is 0 Å². The van der Waals surface area contributed by atoms with Crippen molar-refractivity contribution in [3.8, 4) is 11.5 Å². The molecule has 1 aromatic carbocycles. The predicted octanol–water partition coefficient (Wildman–Crippen LogP) is 4.77. The maximum Gasteiger partial charge on any atom is 0.126 e. The van der Waals surface area contributed by atoms with Gasteiger partial charge in [-0.3, -0.25) is 0 Å². The van der Waals surface area contributed by atoms with Gasteiger partial charge in [0.05, 0.1) is 13.2 Å². The normalized spacial score (nSPS) is 10.2. The van der Waals surface area contributed by atoms with Crippen LogP contribution in [0.2, 0.25) is 0 Å². The third-order valence-electron chi connectivity index (χ3n) is 2.95. The summed E-state index contributed by atoms with van der Waals surface area (Å²) in [4.78, 5) is 0. The van der Waals surface area contributed by atoms with Crippen molar-refractivity contribution in [3.63, 3.8) is 0 Å². The number of rotatable bonds is 10. The quantitative estimate of drug-likeness (QED) is 0.446. The van der Waals surface area contributed by atoms with Gasteiger partial charge in [-0.2, -0.15) is 0 Å². The summed E-state index contributed by atoms with van der Waals surface area (Å²) in [5.41, 5.74) is 1.12. The monoisotopic (exact) mass is 262 g/mol. The lowest BCUT2D eigenvalue weighted by atomic mass is 10.1. The number of ether oxygens (including phenoxy) is 2. The zero-order chi connectivity index (χ0) is 13.9. The maximum absolute atomic E-state index is 5.85. The summed E-state index contributed by atoms with van der Waals surface area (Å²) in [5.74, 6) is 1.87. The van der Waals surface area contributed by atoms with Crippen LogP contribution in [0.25, 0.3) is 0 Å². The van der Waals surface area contributed by atoms with Crippen LogP contribution >= 0.6 is 0 Å². The predicted molar refractivity (Wildman–Crippen MR) is 81.1 cm³/mol. The van der Waals surface area contributed by atoms with Crippen LogP contribution in [0.1, 0.15) is 45.1 Å². The van der Waals surface area contributed by atoms with Gasteiger partial charge in [-0.15, -0.1) is 6.58 Å². The van der Waals surface area contributed by atoms with Crippen molar-refractivity contribution >= 4 is 0 Å². The molecule has 0 aliphatic rings. The molecular formula is C17H26O2. The van der Waals surface area contributed by atoms with Crippen LogP contribution in [0.15, 0.2) is 30.9 Å². The van der Waals surface area contributed by atoms with Crippen LogP contribution in [0.5, 0.6) is 11.5 Å². The molecule has 0 amide bonds. The van der Waals surface area contributed by atoms with Crippen molar-refractivity contribution in [1.82, 2.24) is 0 Å². The lowest BCUT2D eigenvalue weighted by Gasteiger charge is -2.15. The van der Waals surface area contributed by atoms with Crippen LogP contribution in [-0.2, 0) is 6.42 Å². The van der Waals surface area contributed by atoms with E-state index >= 15 is 0 Å². The molecule has 0 aliphatic carbocycles. The Kier molecular flexibility index (Phi) is 7.80. The van der Waals surface area contributed by atoms with E-state index in [1.807, 2.05) is 24.3 Å². The molecule has 0 bridgehead atoms. The summed E-state index contributed by atoms with van der Waals surface area (Å²) in [5, 5.41) is 0. The largest absolute Gasteiger partial charge is 0.493 e. The van der Waals surface area contributed by atoms with Crippen LogP contribution in [0.3, 0.4) is 0 Å². The Hall–Kier alpha value is -1.44. The van der Waals surface area contributed by atoms with Gasteiger partial charge in [0, 0.05) is 5.56 Å². The topological polar surface area (TPSA) is 18.5 Å². The second-order valence-electron chi connectivity index (χ2n) is 4.63. The van der Waals surface area contributed by atoms with Crippen LogP contribution in [-0.4, -0.2) is 13.2 Å². The molecule has 0 saturated heterocycles. The van der Waals surface area contributed by atoms with Gasteiger partial charge in [0.15, 0.2) is 0 Å². The summed E-state index contributed by atoms with van der Waals surface area (Å²) < 4.78 is 11.7. The molecule has 0 fully saturated rings. The van der Waals surface area contributed by atoms with E-state index in [1.54, 1.807) is 0 Å². The van der Waals surface area contributed by atoms with Gasteiger partial charge < -0.3 is 9.47 Å². The van der Waals surface area contributed by atoms with Crippen molar-refractivity contribution in [3.05, 3.63) is 36.4 Å². The Balaban J connectivity index is 2.77. The van der Waals surface area contributed by atoms with Gasteiger partial charge in [-0.1, -0.05) is 38.8 Å². The summed E-state index contributed by atoms with van der Waals surface area (Å²) in [7, 11) is 0. The van der Waals surface area contributed by atoms with E-state index in [1.165, 1.54) is 0 Å². The molecule has 0 spiro atoms. The molecule has 2 heteroatoms. The molecule has 19 heavy (non-hydrogen) atoms. The molecule has 0 heterocycles. The minimum Gasteiger partial charge on any atom is -0.493 e. The van der Waals surface area contributed by atoms with E-state index in [9.17, 15) is 0 Å². The Morgan fingerprint density at radius 3 is 1.95 bits per heavy atom. The molecule has 1 rings (SSSR count). The van der Waals surface area contributed by atoms with E-state index in [2.05, 4.69) is 20.4 Å². The lowest BCUT2D eigenvalue weighted by molar-refractivity contribution is 0.289. The zero-order valence-electron chi connectivity index (χ0n) is 12.3. The van der Waals surface area contributed by atoms with Gasteiger partial charge >= 0.3 is 0 Å².